The van der Waals surface area contributed by atoms with E-state index in [1.165, 1.54) is 51.7 Å². The first-order valence-corrected chi connectivity index (χ1v) is 6.74. The second-order valence-electron chi connectivity index (χ2n) is 4.46. The molecule has 0 radical (unpaired) electrons. The summed E-state index contributed by atoms with van der Waals surface area (Å²) >= 11 is 3.67. The van der Waals surface area contributed by atoms with Crippen LogP contribution < -0.4 is 0 Å². The van der Waals surface area contributed by atoms with E-state index in [1.54, 1.807) is 0 Å². The first-order chi connectivity index (χ1) is 6.84. The fourth-order valence-electron chi connectivity index (χ4n) is 2.40. The zero-order valence-corrected chi connectivity index (χ0v) is 10.3. The molecule has 82 valence electrons. The summed E-state index contributed by atoms with van der Waals surface area (Å²) in [6.45, 7) is 4.78. The zero-order chi connectivity index (χ0) is 9.80. The van der Waals surface area contributed by atoms with Crippen LogP contribution in [-0.2, 0) is 4.74 Å². The van der Waals surface area contributed by atoms with Crippen molar-refractivity contribution in [3.05, 3.63) is 0 Å². The van der Waals surface area contributed by atoms with Gasteiger partial charge in [0.2, 0.25) is 0 Å². The molecule has 2 rings (SSSR count). The van der Waals surface area contributed by atoms with Gasteiger partial charge in [-0.15, -0.1) is 0 Å². The lowest BCUT2D eigenvalue weighted by Gasteiger charge is -2.16. The fourth-order valence-corrected chi connectivity index (χ4v) is 3.02. The zero-order valence-electron chi connectivity index (χ0n) is 8.75. The number of alkyl halides is 1. The lowest BCUT2D eigenvalue weighted by Crippen LogP contribution is -2.23. The van der Waals surface area contributed by atoms with E-state index in [-0.39, 0.29) is 0 Å². The molecule has 0 aromatic rings. The van der Waals surface area contributed by atoms with Crippen LogP contribution in [-0.4, -0.2) is 42.1 Å². The Morgan fingerprint density at radius 2 is 2.29 bits per heavy atom. The number of halogens is 1. The first kappa shape index (κ1) is 10.9. The maximum atomic E-state index is 5.61. The van der Waals surface area contributed by atoms with Gasteiger partial charge in [0.25, 0.3) is 0 Å². The van der Waals surface area contributed by atoms with Crippen LogP contribution in [0.3, 0.4) is 0 Å². The average molecular weight is 262 g/mol. The van der Waals surface area contributed by atoms with Gasteiger partial charge in [0.15, 0.2) is 0 Å². The van der Waals surface area contributed by atoms with E-state index < -0.39 is 0 Å². The molecule has 2 aliphatic rings. The summed E-state index contributed by atoms with van der Waals surface area (Å²) in [6.07, 6.45) is 7.05. The Kier molecular flexibility index (Phi) is 4.26. The van der Waals surface area contributed by atoms with Crippen molar-refractivity contribution in [2.24, 2.45) is 0 Å². The minimum atomic E-state index is 0.581. The summed E-state index contributed by atoms with van der Waals surface area (Å²) in [6, 6.07) is 0. The van der Waals surface area contributed by atoms with Gasteiger partial charge in [-0.2, -0.15) is 0 Å². The van der Waals surface area contributed by atoms with Crippen molar-refractivity contribution in [3.63, 3.8) is 0 Å². The van der Waals surface area contributed by atoms with Gasteiger partial charge in [-0.25, -0.2) is 0 Å². The third-order valence-corrected chi connectivity index (χ3v) is 3.99. The van der Waals surface area contributed by atoms with E-state index in [9.17, 15) is 0 Å². The maximum absolute atomic E-state index is 5.61. The molecular formula is C11H20BrNO. The van der Waals surface area contributed by atoms with E-state index >= 15 is 0 Å². The van der Waals surface area contributed by atoms with Crippen LogP contribution in [0.4, 0.5) is 0 Å². The Hall–Kier alpha value is 0.400. The quantitative estimate of drug-likeness (QED) is 0.721. The second-order valence-corrected chi connectivity index (χ2v) is 5.76. The molecule has 0 aromatic carbocycles. The molecule has 0 aliphatic carbocycles. The third-order valence-electron chi connectivity index (χ3n) is 3.24. The highest BCUT2D eigenvalue weighted by Gasteiger charge is 2.20. The van der Waals surface area contributed by atoms with Gasteiger partial charge in [0.1, 0.15) is 0 Å². The molecule has 2 atom stereocenters. The summed E-state index contributed by atoms with van der Waals surface area (Å²) in [4.78, 5) is 3.30. The molecule has 3 heteroatoms. The van der Waals surface area contributed by atoms with Crippen LogP contribution in [0.2, 0.25) is 0 Å². The number of rotatable bonds is 4. The van der Waals surface area contributed by atoms with Gasteiger partial charge in [-0.1, -0.05) is 15.9 Å². The fraction of sp³-hybridized carbons (Fsp3) is 1.00. The SMILES string of the molecule is BrC1CCN(CCCC2CCCO2)C1. The topological polar surface area (TPSA) is 12.5 Å². The highest BCUT2D eigenvalue weighted by molar-refractivity contribution is 9.09. The van der Waals surface area contributed by atoms with Gasteiger partial charge < -0.3 is 9.64 Å². The normalized spacial score (nSPS) is 34.1. The highest BCUT2D eigenvalue weighted by atomic mass is 79.9. The van der Waals surface area contributed by atoms with Crippen LogP contribution >= 0.6 is 15.9 Å². The van der Waals surface area contributed by atoms with Gasteiger partial charge in [0, 0.05) is 18.0 Å². The molecule has 0 aromatic heterocycles. The summed E-state index contributed by atoms with van der Waals surface area (Å²) in [5, 5.41) is 0. The molecule has 0 amide bonds. The predicted molar refractivity (Wildman–Crippen MR) is 62.0 cm³/mol. The molecule has 0 saturated carbocycles. The summed E-state index contributed by atoms with van der Waals surface area (Å²) in [7, 11) is 0. The molecule has 14 heavy (non-hydrogen) atoms. The van der Waals surface area contributed by atoms with Crippen molar-refractivity contribution < 1.29 is 4.74 Å². The van der Waals surface area contributed by atoms with Crippen molar-refractivity contribution in [2.75, 3.05) is 26.2 Å². The number of hydrogen-bond acceptors (Lipinski definition) is 2. The first-order valence-electron chi connectivity index (χ1n) is 5.82. The monoisotopic (exact) mass is 261 g/mol. The van der Waals surface area contributed by atoms with E-state index in [1.807, 2.05) is 0 Å². The average Bonchev–Trinajstić information content (AvgIpc) is 2.77. The molecule has 2 saturated heterocycles. The van der Waals surface area contributed by atoms with Crippen LogP contribution in [0, 0.1) is 0 Å². The number of ether oxygens (including phenoxy) is 1. The van der Waals surface area contributed by atoms with Crippen LogP contribution in [0.1, 0.15) is 32.1 Å². The summed E-state index contributed by atoms with van der Waals surface area (Å²) in [5.74, 6) is 0. The van der Waals surface area contributed by atoms with Crippen molar-refractivity contribution in [2.45, 2.75) is 43.0 Å². The van der Waals surface area contributed by atoms with Crippen molar-refractivity contribution in [3.8, 4) is 0 Å². The molecule has 2 nitrogen and oxygen atoms in total. The molecular weight excluding hydrogens is 242 g/mol. The van der Waals surface area contributed by atoms with E-state index in [4.69, 9.17) is 4.74 Å². The van der Waals surface area contributed by atoms with Gasteiger partial charge in [0.05, 0.1) is 6.10 Å². The molecule has 2 unspecified atom stereocenters. The largest absolute Gasteiger partial charge is 0.378 e. The molecule has 0 spiro atoms. The Morgan fingerprint density at radius 3 is 2.93 bits per heavy atom. The summed E-state index contributed by atoms with van der Waals surface area (Å²) in [5.41, 5.74) is 0. The standard InChI is InChI=1S/C11H20BrNO/c12-10-5-7-13(9-10)6-1-3-11-4-2-8-14-11/h10-11H,1-9H2. The number of likely N-dealkylation sites (tertiary alicyclic amines) is 1. The molecule has 2 aliphatic heterocycles. The lowest BCUT2D eigenvalue weighted by atomic mass is 10.1. The van der Waals surface area contributed by atoms with Crippen molar-refractivity contribution in [1.29, 1.82) is 0 Å². The Balaban J connectivity index is 1.54. The Labute approximate surface area is 95.1 Å². The number of hydrogen-bond donors (Lipinski definition) is 0. The van der Waals surface area contributed by atoms with Crippen LogP contribution in [0.5, 0.6) is 0 Å². The molecule has 2 fully saturated rings. The molecule has 0 N–H and O–H groups in total. The Bertz CT molecular complexity index is 171. The predicted octanol–water partition coefficient (Wildman–Crippen LogP) is 2.41. The Morgan fingerprint density at radius 1 is 1.36 bits per heavy atom. The summed E-state index contributed by atoms with van der Waals surface area (Å²) < 4.78 is 5.61. The van der Waals surface area contributed by atoms with Crippen molar-refractivity contribution in [1.82, 2.24) is 4.90 Å². The van der Waals surface area contributed by atoms with Gasteiger partial charge >= 0.3 is 0 Å². The van der Waals surface area contributed by atoms with Gasteiger partial charge in [-0.3, -0.25) is 0 Å². The maximum Gasteiger partial charge on any atom is 0.0576 e. The van der Waals surface area contributed by atoms with Crippen LogP contribution in [0.25, 0.3) is 0 Å². The van der Waals surface area contributed by atoms with E-state index in [2.05, 4.69) is 20.8 Å². The van der Waals surface area contributed by atoms with E-state index in [0.29, 0.717) is 6.10 Å². The third kappa shape index (κ3) is 3.21. The smallest absolute Gasteiger partial charge is 0.0576 e. The number of nitrogens with zero attached hydrogens (tertiary/aromatic N) is 1. The molecule has 2 heterocycles. The van der Waals surface area contributed by atoms with Gasteiger partial charge in [-0.05, 0) is 45.2 Å². The van der Waals surface area contributed by atoms with Crippen LogP contribution in [0.15, 0.2) is 0 Å². The minimum Gasteiger partial charge on any atom is -0.378 e. The van der Waals surface area contributed by atoms with E-state index in [0.717, 1.165) is 11.4 Å². The highest BCUT2D eigenvalue weighted by Crippen LogP contribution is 2.19. The lowest BCUT2D eigenvalue weighted by molar-refractivity contribution is 0.0997. The second kappa shape index (κ2) is 5.47. The van der Waals surface area contributed by atoms with Crippen molar-refractivity contribution >= 4 is 15.9 Å². The molecule has 0 bridgehead atoms. The minimum absolute atomic E-state index is 0.581.